The van der Waals surface area contributed by atoms with Crippen LogP contribution in [0.3, 0.4) is 0 Å². The SMILES string of the molecule is CCc1ccc(C(NN)c2cccs2)cc1. The van der Waals surface area contributed by atoms with Crippen molar-refractivity contribution in [3.05, 3.63) is 57.8 Å². The first kappa shape index (κ1) is 11.3. The molecule has 3 N–H and O–H groups in total. The van der Waals surface area contributed by atoms with Gasteiger partial charge in [-0.25, -0.2) is 5.43 Å². The highest BCUT2D eigenvalue weighted by molar-refractivity contribution is 7.10. The Morgan fingerprint density at radius 2 is 2.00 bits per heavy atom. The lowest BCUT2D eigenvalue weighted by Gasteiger charge is -2.14. The van der Waals surface area contributed by atoms with E-state index in [1.807, 2.05) is 6.07 Å². The van der Waals surface area contributed by atoms with E-state index in [1.165, 1.54) is 16.0 Å². The molecular formula is C13H16N2S. The summed E-state index contributed by atoms with van der Waals surface area (Å²) in [4.78, 5) is 1.24. The summed E-state index contributed by atoms with van der Waals surface area (Å²) in [6.07, 6.45) is 1.07. The van der Waals surface area contributed by atoms with Gasteiger partial charge in [-0.2, -0.15) is 0 Å². The van der Waals surface area contributed by atoms with E-state index in [1.54, 1.807) is 11.3 Å². The molecule has 2 nitrogen and oxygen atoms in total. The summed E-state index contributed by atoms with van der Waals surface area (Å²) < 4.78 is 0. The lowest BCUT2D eigenvalue weighted by atomic mass is 10.0. The molecule has 2 aromatic rings. The Bertz CT molecular complexity index is 420. The molecule has 1 atom stereocenters. The van der Waals surface area contributed by atoms with E-state index in [0.29, 0.717) is 0 Å². The van der Waals surface area contributed by atoms with Crippen LogP contribution in [0.25, 0.3) is 0 Å². The van der Waals surface area contributed by atoms with E-state index in [9.17, 15) is 0 Å². The zero-order valence-corrected chi connectivity index (χ0v) is 10.1. The fraction of sp³-hybridized carbons (Fsp3) is 0.231. The normalized spacial score (nSPS) is 12.6. The number of thiophene rings is 1. The Morgan fingerprint density at radius 3 is 2.50 bits per heavy atom. The molecule has 0 aliphatic rings. The van der Waals surface area contributed by atoms with Crippen molar-refractivity contribution >= 4 is 11.3 Å². The summed E-state index contributed by atoms with van der Waals surface area (Å²) in [5.74, 6) is 5.62. The van der Waals surface area contributed by atoms with Gasteiger partial charge in [0, 0.05) is 4.88 Å². The molecule has 0 aliphatic carbocycles. The highest BCUT2D eigenvalue weighted by Gasteiger charge is 2.12. The molecule has 84 valence electrons. The second-order valence-corrected chi connectivity index (χ2v) is 4.69. The maximum absolute atomic E-state index is 5.62. The molecule has 0 saturated carbocycles. The first-order chi connectivity index (χ1) is 7.85. The fourth-order valence-electron chi connectivity index (χ4n) is 1.74. The molecule has 1 aromatic carbocycles. The van der Waals surface area contributed by atoms with Crippen molar-refractivity contribution in [2.75, 3.05) is 0 Å². The van der Waals surface area contributed by atoms with Crippen molar-refractivity contribution in [1.29, 1.82) is 0 Å². The predicted octanol–water partition coefficient (Wildman–Crippen LogP) is 2.86. The number of nitrogens with one attached hydrogen (secondary N) is 1. The topological polar surface area (TPSA) is 38.0 Å². The Kier molecular flexibility index (Phi) is 3.72. The van der Waals surface area contributed by atoms with Gasteiger partial charge >= 0.3 is 0 Å². The third-order valence-electron chi connectivity index (χ3n) is 2.72. The summed E-state index contributed by atoms with van der Waals surface area (Å²) in [7, 11) is 0. The molecule has 0 bridgehead atoms. The Morgan fingerprint density at radius 1 is 1.25 bits per heavy atom. The van der Waals surface area contributed by atoms with Crippen LogP contribution in [-0.2, 0) is 6.42 Å². The van der Waals surface area contributed by atoms with Gasteiger partial charge in [-0.15, -0.1) is 11.3 Å². The second-order valence-electron chi connectivity index (χ2n) is 3.71. The maximum atomic E-state index is 5.62. The molecular weight excluding hydrogens is 216 g/mol. The van der Waals surface area contributed by atoms with Crippen LogP contribution in [-0.4, -0.2) is 0 Å². The third kappa shape index (κ3) is 2.32. The minimum absolute atomic E-state index is 0.103. The molecule has 0 radical (unpaired) electrons. The molecule has 0 saturated heterocycles. The smallest absolute Gasteiger partial charge is 0.0802 e. The number of aryl methyl sites for hydroxylation is 1. The van der Waals surface area contributed by atoms with E-state index < -0.39 is 0 Å². The number of rotatable bonds is 4. The van der Waals surface area contributed by atoms with Crippen LogP contribution in [0.5, 0.6) is 0 Å². The zero-order valence-electron chi connectivity index (χ0n) is 9.31. The van der Waals surface area contributed by atoms with Crippen LogP contribution in [0, 0.1) is 0 Å². The minimum atomic E-state index is 0.103. The summed E-state index contributed by atoms with van der Waals surface area (Å²) in [6.45, 7) is 2.16. The standard InChI is InChI=1S/C13H16N2S/c1-2-10-5-7-11(8-6-10)13(15-14)12-4-3-9-16-12/h3-9,13,15H,2,14H2,1H3. The molecule has 1 unspecified atom stereocenters. The van der Waals surface area contributed by atoms with Crippen LogP contribution >= 0.6 is 11.3 Å². The number of nitrogens with two attached hydrogens (primary N) is 1. The predicted molar refractivity (Wildman–Crippen MR) is 69.3 cm³/mol. The first-order valence-corrected chi connectivity index (χ1v) is 6.31. The average molecular weight is 232 g/mol. The molecule has 1 aromatic heterocycles. The van der Waals surface area contributed by atoms with E-state index in [4.69, 9.17) is 5.84 Å². The largest absolute Gasteiger partial charge is 0.271 e. The molecule has 0 spiro atoms. The van der Waals surface area contributed by atoms with Crippen molar-refractivity contribution in [3.63, 3.8) is 0 Å². The van der Waals surface area contributed by atoms with Gasteiger partial charge < -0.3 is 0 Å². The van der Waals surface area contributed by atoms with Gasteiger partial charge in [0.15, 0.2) is 0 Å². The van der Waals surface area contributed by atoms with Gasteiger partial charge in [0.25, 0.3) is 0 Å². The number of benzene rings is 1. The molecule has 3 heteroatoms. The number of hydrogen-bond acceptors (Lipinski definition) is 3. The number of hydrazine groups is 1. The van der Waals surface area contributed by atoms with Gasteiger partial charge in [0.1, 0.15) is 0 Å². The molecule has 2 rings (SSSR count). The molecule has 0 aliphatic heterocycles. The Labute approximate surface area is 100 Å². The van der Waals surface area contributed by atoms with Crippen molar-refractivity contribution in [2.24, 2.45) is 5.84 Å². The highest BCUT2D eigenvalue weighted by Crippen LogP contribution is 2.25. The van der Waals surface area contributed by atoms with Gasteiger partial charge in [0.05, 0.1) is 6.04 Å². The van der Waals surface area contributed by atoms with Gasteiger partial charge in [0.2, 0.25) is 0 Å². The van der Waals surface area contributed by atoms with Crippen LogP contribution in [0.15, 0.2) is 41.8 Å². The number of hydrogen-bond donors (Lipinski definition) is 2. The lowest BCUT2D eigenvalue weighted by molar-refractivity contribution is 0.646. The molecule has 0 fully saturated rings. The summed E-state index contributed by atoms with van der Waals surface area (Å²) in [5.41, 5.74) is 5.43. The summed E-state index contributed by atoms with van der Waals surface area (Å²) >= 11 is 1.72. The van der Waals surface area contributed by atoms with E-state index in [2.05, 4.69) is 48.1 Å². The average Bonchev–Trinajstić information content (AvgIpc) is 2.85. The van der Waals surface area contributed by atoms with Gasteiger partial charge in [-0.3, -0.25) is 5.84 Å². The van der Waals surface area contributed by atoms with Crippen molar-refractivity contribution in [2.45, 2.75) is 19.4 Å². The molecule has 0 amide bonds. The van der Waals surface area contributed by atoms with Gasteiger partial charge in [-0.05, 0) is 29.0 Å². The van der Waals surface area contributed by atoms with Crippen molar-refractivity contribution < 1.29 is 0 Å². The Balaban J connectivity index is 2.27. The third-order valence-corrected chi connectivity index (χ3v) is 3.65. The zero-order chi connectivity index (χ0) is 11.4. The summed E-state index contributed by atoms with van der Waals surface area (Å²) in [6, 6.07) is 12.9. The second kappa shape index (κ2) is 5.25. The van der Waals surface area contributed by atoms with E-state index in [-0.39, 0.29) is 6.04 Å². The first-order valence-electron chi connectivity index (χ1n) is 5.43. The fourth-order valence-corrected chi connectivity index (χ4v) is 2.56. The minimum Gasteiger partial charge on any atom is -0.271 e. The monoisotopic (exact) mass is 232 g/mol. The van der Waals surface area contributed by atoms with Crippen LogP contribution in [0.1, 0.15) is 29.0 Å². The molecule has 16 heavy (non-hydrogen) atoms. The maximum Gasteiger partial charge on any atom is 0.0802 e. The quantitative estimate of drug-likeness (QED) is 0.628. The van der Waals surface area contributed by atoms with Crippen LogP contribution in [0.4, 0.5) is 0 Å². The van der Waals surface area contributed by atoms with E-state index >= 15 is 0 Å². The Hall–Kier alpha value is -1.16. The van der Waals surface area contributed by atoms with Gasteiger partial charge in [-0.1, -0.05) is 37.3 Å². The highest BCUT2D eigenvalue weighted by atomic mass is 32.1. The van der Waals surface area contributed by atoms with E-state index in [0.717, 1.165) is 6.42 Å². The lowest BCUT2D eigenvalue weighted by Crippen LogP contribution is -2.28. The van der Waals surface area contributed by atoms with Crippen molar-refractivity contribution in [1.82, 2.24) is 5.43 Å². The van der Waals surface area contributed by atoms with Crippen LogP contribution < -0.4 is 11.3 Å². The summed E-state index contributed by atoms with van der Waals surface area (Å²) in [5, 5.41) is 2.07. The van der Waals surface area contributed by atoms with Crippen LogP contribution in [0.2, 0.25) is 0 Å². The van der Waals surface area contributed by atoms with Crippen molar-refractivity contribution in [3.8, 4) is 0 Å². The molecule has 1 heterocycles.